The molecule has 2 heterocycles. The van der Waals surface area contributed by atoms with E-state index in [1.54, 1.807) is 0 Å². The van der Waals surface area contributed by atoms with E-state index in [9.17, 15) is 9.59 Å². The number of carbonyl (C=O) groups is 2. The summed E-state index contributed by atoms with van der Waals surface area (Å²) in [5.74, 6) is 1.80. The molecule has 3 aliphatic rings. The van der Waals surface area contributed by atoms with Crippen molar-refractivity contribution >= 4 is 11.7 Å². The number of nitrogens with zero attached hydrogens (tertiary/aromatic N) is 2. The van der Waals surface area contributed by atoms with Crippen molar-refractivity contribution in [1.82, 2.24) is 9.80 Å². The van der Waals surface area contributed by atoms with Crippen LogP contribution in [0, 0.1) is 17.8 Å². The molecule has 1 amide bonds. The summed E-state index contributed by atoms with van der Waals surface area (Å²) in [5, 5.41) is 0. The van der Waals surface area contributed by atoms with E-state index in [4.69, 9.17) is 9.47 Å². The van der Waals surface area contributed by atoms with Crippen LogP contribution in [-0.4, -0.2) is 60.9 Å². The minimum absolute atomic E-state index is 0.0840. The zero-order valence-electron chi connectivity index (χ0n) is 20.1. The van der Waals surface area contributed by atoms with Gasteiger partial charge in [0.15, 0.2) is 11.5 Å². The van der Waals surface area contributed by atoms with E-state index in [-0.39, 0.29) is 35.6 Å². The Labute approximate surface area is 191 Å². The first kappa shape index (κ1) is 22.8. The Kier molecular flexibility index (Phi) is 6.35. The van der Waals surface area contributed by atoms with Crippen LogP contribution >= 0.6 is 0 Å². The van der Waals surface area contributed by atoms with E-state index in [1.165, 1.54) is 0 Å². The number of Topliss-reactive ketones (excluding diaryl/α,β-unsaturated/α-hetero) is 1. The minimum Gasteiger partial charge on any atom is -0.491 e. The Balaban J connectivity index is 1.70. The zero-order valence-corrected chi connectivity index (χ0v) is 20.1. The number of hydrogen-bond acceptors (Lipinski definition) is 5. The fourth-order valence-corrected chi connectivity index (χ4v) is 5.19. The molecule has 1 aromatic rings. The van der Waals surface area contributed by atoms with Crippen LogP contribution in [0.2, 0.25) is 0 Å². The van der Waals surface area contributed by atoms with Crippen molar-refractivity contribution in [1.29, 1.82) is 0 Å². The third-order valence-corrected chi connectivity index (χ3v) is 7.16. The predicted octanol–water partition coefficient (Wildman–Crippen LogP) is 3.82. The van der Waals surface area contributed by atoms with Crippen molar-refractivity contribution in [3.05, 3.63) is 41.2 Å². The second kappa shape index (κ2) is 8.89. The molecule has 1 aromatic carbocycles. The van der Waals surface area contributed by atoms with Crippen LogP contribution in [0.5, 0.6) is 5.75 Å². The molecule has 1 fully saturated rings. The third kappa shape index (κ3) is 4.17. The van der Waals surface area contributed by atoms with Gasteiger partial charge in [-0.05, 0) is 70.3 Å². The van der Waals surface area contributed by atoms with Gasteiger partial charge in [-0.2, -0.15) is 0 Å². The maximum atomic E-state index is 13.8. The Bertz CT molecular complexity index is 905. The number of benzene rings is 1. The van der Waals surface area contributed by atoms with Crippen LogP contribution in [0.25, 0.3) is 0 Å². The summed E-state index contributed by atoms with van der Waals surface area (Å²) in [4.78, 5) is 31.1. The van der Waals surface area contributed by atoms with Gasteiger partial charge in [0.2, 0.25) is 0 Å². The normalized spacial score (nSPS) is 30.0. The molecule has 0 bridgehead atoms. The van der Waals surface area contributed by atoms with Crippen molar-refractivity contribution in [3.8, 4) is 5.75 Å². The summed E-state index contributed by atoms with van der Waals surface area (Å²) < 4.78 is 12.1. The highest BCUT2D eigenvalue weighted by Gasteiger charge is 2.53. The van der Waals surface area contributed by atoms with E-state index >= 15 is 0 Å². The molecule has 1 saturated carbocycles. The number of rotatable bonds is 6. The van der Waals surface area contributed by atoms with Crippen molar-refractivity contribution in [3.63, 3.8) is 0 Å². The lowest BCUT2D eigenvalue weighted by molar-refractivity contribution is -0.137. The van der Waals surface area contributed by atoms with E-state index < -0.39 is 6.04 Å². The SMILES string of the molecule is CC(C)Oc1ccc(C2C3=C(OC4CC(C)C(C)CC4C3=O)C(=O)N2CCN(C)C)cc1. The summed E-state index contributed by atoms with van der Waals surface area (Å²) >= 11 is 0. The number of hydrogen-bond donors (Lipinski definition) is 0. The Morgan fingerprint density at radius 2 is 1.75 bits per heavy atom. The first-order chi connectivity index (χ1) is 15.2. The second-order valence-corrected chi connectivity index (χ2v) is 10.2. The van der Waals surface area contributed by atoms with Gasteiger partial charge < -0.3 is 19.3 Å². The molecule has 6 nitrogen and oxygen atoms in total. The largest absolute Gasteiger partial charge is 0.491 e. The average Bonchev–Trinajstić information content (AvgIpc) is 3.00. The highest BCUT2D eigenvalue weighted by molar-refractivity contribution is 6.11. The molecule has 1 aliphatic carbocycles. The quantitative estimate of drug-likeness (QED) is 0.673. The highest BCUT2D eigenvalue weighted by Crippen LogP contribution is 2.48. The summed E-state index contributed by atoms with van der Waals surface area (Å²) in [6, 6.07) is 7.38. The molecule has 0 spiro atoms. The van der Waals surface area contributed by atoms with Crippen molar-refractivity contribution < 1.29 is 19.1 Å². The van der Waals surface area contributed by atoms with Crippen molar-refractivity contribution in [2.45, 2.75) is 58.8 Å². The number of amides is 1. The number of ketones is 1. The number of carbonyl (C=O) groups excluding carboxylic acids is 2. The molecule has 4 rings (SSSR count). The third-order valence-electron chi connectivity index (χ3n) is 7.16. The summed E-state index contributed by atoms with van der Waals surface area (Å²) in [6.07, 6.45) is 1.54. The van der Waals surface area contributed by atoms with Gasteiger partial charge in [0.05, 0.1) is 23.6 Å². The van der Waals surface area contributed by atoms with Gasteiger partial charge in [-0.3, -0.25) is 9.59 Å². The van der Waals surface area contributed by atoms with Gasteiger partial charge >= 0.3 is 0 Å². The number of ether oxygens (including phenoxy) is 2. The molecule has 2 aliphatic heterocycles. The molecule has 6 heteroatoms. The summed E-state index contributed by atoms with van der Waals surface area (Å²) in [7, 11) is 3.97. The molecule has 0 N–H and O–H groups in total. The molecule has 32 heavy (non-hydrogen) atoms. The molecule has 5 unspecified atom stereocenters. The monoisotopic (exact) mass is 440 g/mol. The molecular formula is C26H36N2O4. The Morgan fingerprint density at radius 3 is 2.38 bits per heavy atom. The highest BCUT2D eigenvalue weighted by atomic mass is 16.5. The fraction of sp³-hybridized carbons (Fsp3) is 0.615. The minimum atomic E-state index is -0.409. The first-order valence-electron chi connectivity index (χ1n) is 11.8. The maximum absolute atomic E-state index is 13.8. The lowest BCUT2D eigenvalue weighted by Gasteiger charge is -2.40. The van der Waals surface area contributed by atoms with Crippen LogP contribution in [0.3, 0.4) is 0 Å². The summed E-state index contributed by atoms with van der Waals surface area (Å²) in [5.41, 5.74) is 1.47. The van der Waals surface area contributed by atoms with E-state index in [2.05, 4.69) is 13.8 Å². The maximum Gasteiger partial charge on any atom is 0.290 e. The number of likely N-dealkylation sites (N-methyl/N-ethyl adjacent to an activating group) is 1. The predicted molar refractivity (Wildman–Crippen MR) is 123 cm³/mol. The lowest BCUT2D eigenvalue weighted by Crippen LogP contribution is -2.43. The van der Waals surface area contributed by atoms with Crippen LogP contribution in [0.15, 0.2) is 35.6 Å². The van der Waals surface area contributed by atoms with Gasteiger partial charge in [-0.25, -0.2) is 0 Å². The van der Waals surface area contributed by atoms with Crippen LogP contribution < -0.4 is 4.74 Å². The molecule has 5 atom stereocenters. The lowest BCUT2D eigenvalue weighted by atomic mass is 9.70. The fourth-order valence-electron chi connectivity index (χ4n) is 5.19. The van der Waals surface area contributed by atoms with Crippen LogP contribution in [0.4, 0.5) is 0 Å². The molecular weight excluding hydrogens is 404 g/mol. The van der Waals surface area contributed by atoms with E-state index in [0.717, 1.165) is 24.2 Å². The van der Waals surface area contributed by atoms with E-state index in [0.29, 0.717) is 30.5 Å². The molecule has 0 saturated heterocycles. The summed E-state index contributed by atoms with van der Waals surface area (Å²) in [6.45, 7) is 9.65. The topological polar surface area (TPSA) is 59.1 Å². The van der Waals surface area contributed by atoms with E-state index in [1.807, 2.05) is 62.0 Å². The standard InChI is InChI=1S/C26H36N2O4/c1-15(2)31-19-9-7-18(8-10-19)23-22-24(29)20-13-16(3)17(4)14-21(20)32-25(22)26(30)28(23)12-11-27(5)6/h7-10,15-17,20-21,23H,11-14H2,1-6H3. The Morgan fingerprint density at radius 1 is 1.09 bits per heavy atom. The molecule has 0 radical (unpaired) electrons. The van der Waals surface area contributed by atoms with Crippen LogP contribution in [-0.2, 0) is 14.3 Å². The molecule has 174 valence electrons. The average molecular weight is 441 g/mol. The van der Waals surface area contributed by atoms with Crippen molar-refractivity contribution in [2.24, 2.45) is 17.8 Å². The smallest absolute Gasteiger partial charge is 0.290 e. The van der Waals surface area contributed by atoms with Gasteiger partial charge in [0, 0.05) is 13.1 Å². The van der Waals surface area contributed by atoms with Crippen molar-refractivity contribution in [2.75, 3.05) is 27.2 Å². The first-order valence-corrected chi connectivity index (χ1v) is 11.8. The second-order valence-electron chi connectivity index (χ2n) is 10.2. The molecule has 0 aromatic heterocycles. The zero-order chi connectivity index (χ0) is 23.2. The number of fused-ring (bicyclic) bond motifs is 1. The van der Waals surface area contributed by atoms with Gasteiger partial charge in [0.25, 0.3) is 5.91 Å². The van der Waals surface area contributed by atoms with Gasteiger partial charge in [0.1, 0.15) is 11.9 Å². The van der Waals surface area contributed by atoms with Gasteiger partial charge in [-0.15, -0.1) is 0 Å². The van der Waals surface area contributed by atoms with Crippen LogP contribution in [0.1, 0.15) is 52.1 Å². The van der Waals surface area contributed by atoms with Gasteiger partial charge in [-0.1, -0.05) is 26.0 Å². The Hall–Kier alpha value is -2.34.